The first-order valence-electron chi connectivity index (χ1n) is 10.1. The predicted molar refractivity (Wildman–Crippen MR) is 124 cm³/mol. The van der Waals surface area contributed by atoms with Crippen LogP contribution in [-0.4, -0.2) is 41.3 Å². The van der Waals surface area contributed by atoms with Crippen LogP contribution in [0.5, 0.6) is 28.7 Å². The maximum atomic E-state index is 13.6. The third-order valence-corrected chi connectivity index (χ3v) is 5.49. The molecular formula is C26H24O7. The first-order valence-corrected chi connectivity index (χ1v) is 10.1. The minimum absolute atomic E-state index is 0.277. The lowest BCUT2D eigenvalue weighted by Gasteiger charge is -2.16. The van der Waals surface area contributed by atoms with Crippen LogP contribution in [0.3, 0.4) is 0 Å². The molecule has 0 aliphatic rings. The number of hydrogen-bond acceptors (Lipinski definition) is 7. The third kappa shape index (κ3) is 3.82. The van der Waals surface area contributed by atoms with Crippen molar-refractivity contribution in [1.82, 2.24) is 0 Å². The smallest absolute Gasteiger partial charge is 0.204 e. The molecule has 0 bridgehead atoms. The predicted octanol–water partition coefficient (Wildman–Crippen LogP) is 5.37. The van der Waals surface area contributed by atoms with E-state index in [1.54, 1.807) is 37.6 Å². The molecule has 1 heterocycles. The summed E-state index contributed by atoms with van der Waals surface area (Å²) in [6.45, 7) is 0. The number of hydrogen-bond donors (Lipinski definition) is 0. The van der Waals surface area contributed by atoms with Gasteiger partial charge in [0.1, 0.15) is 17.1 Å². The molecule has 0 N–H and O–H groups in total. The highest BCUT2D eigenvalue weighted by Crippen LogP contribution is 2.42. The Balaban J connectivity index is 1.84. The number of methoxy groups -OCH3 is 5. The molecule has 4 aromatic rings. The lowest BCUT2D eigenvalue weighted by atomic mass is 9.96. The van der Waals surface area contributed by atoms with E-state index in [0.29, 0.717) is 39.7 Å². The molecule has 170 valence electrons. The molecule has 0 saturated heterocycles. The largest absolute Gasteiger partial charge is 0.497 e. The monoisotopic (exact) mass is 448 g/mol. The Hall–Kier alpha value is -4.13. The van der Waals surface area contributed by atoms with E-state index in [0.717, 1.165) is 16.5 Å². The van der Waals surface area contributed by atoms with Crippen LogP contribution >= 0.6 is 0 Å². The van der Waals surface area contributed by atoms with E-state index in [4.69, 9.17) is 28.1 Å². The molecule has 7 heteroatoms. The van der Waals surface area contributed by atoms with Gasteiger partial charge in [0, 0.05) is 17.0 Å². The minimum Gasteiger partial charge on any atom is -0.497 e. The van der Waals surface area contributed by atoms with Crippen LogP contribution in [-0.2, 0) is 0 Å². The summed E-state index contributed by atoms with van der Waals surface area (Å²) in [4.78, 5) is 13.6. The molecule has 4 rings (SSSR count). The van der Waals surface area contributed by atoms with E-state index in [-0.39, 0.29) is 11.5 Å². The molecule has 0 spiro atoms. The Morgan fingerprint density at radius 1 is 0.697 bits per heavy atom. The SMILES string of the molecule is COc1ccc2c(-c3ccc(OC)c(C(=O)c4ccc(OC)c(OC)c4OC)c3)coc2c1. The third-order valence-electron chi connectivity index (χ3n) is 5.49. The number of benzene rings is 3. The summed E-state index contributed by atoms with van der Waals surface area (Å²) in [5.74, 6) is 1.96. The molecule has 0 aliphatic carbocycles. The normalized spacial score (nSPS) is 10.7. The van der Waals surface area contributed by atoms with E-state index in [1.165, 1.54) is 28.4 Å². The van der Waals surface area contributed by atoms with Crippen LogP contribution in [0.1, 0.15) is 15.9 Å². The topological polar surface area (TPSA) is 76.4 Å². The number of ether oxygens (including phenoxy) is 5. The molecule has 7 nitrogen and oxygen atoms in total. The Morgan fingerprint density at radius 3 is 2.09 bits per heavy atom. The first-order chi connectivity index (χ1) is 16.1. The van der Waals surface area contributed by atoms with E-state index in [9.17, 15) is 4.79 Å². The maximum absolute atomic E-state index is 13.6. The fourth-order valence-corrected chi connectivity index (χ4v) is 3.84. The molecule has 0 amide bonds. The van der Waals surface area contributed by atoms with Crippen molar-refractivity contribution in [2.75, 3.05) is 35.5 Å². The summed E-state index contributed by atoms with van der Waals surface area (Å²) in [6, 6.07) is 14.4. The zero-order valence-electron chi connectivity index (χ0n) is 19.1. The zero-order chi connectivity index (χ0) is 23.5. The molecule has 1 aromatic heterocycles. The van der Waals surface area contributed by atoms with Crippen molar-refractivity contribution in [3.8, 4) is 39.9 Å². The number of fused-ring (bicyclic) bond motifs is 1. The Kier molecular flexibility index (Phi) is 6.13. The van der Waals surface area contributed by atoms with Gasteiger partial charge in [-0.15, -0.1) is 0 Å². The van der Waals surface area contributed by atoms with Gasteiger partial charge in [0.2, 0.25) is 11.5 Å². The second kappa shape index (κ2) is 9.16. The van der Waals surface area contributed by atoms with Gasteiger partial charge in [0.15, 0.2) is 11.5 Å². The maximum Gasteiger partial charge on any atom is 0.204 e. The zero-order valence-corrected chi connectivity index (χ0v) is 19.1. The molecule has 0 radical (unpaired) electrons. The fraction of sp³-hybridized carbons (Fsp3) is 0.192. The minimum atomic E-state index is -0.277. The first kappa shape index (κ1) is 22.1. The highest BCUT2D eigenvalue weighted by atomic mass is 16.5. The van der Waals surface area contributed by atoms with Crippen molar-refractivity contribution in [3.05, 3.63) is 65.9 Å². The highest BCUT2D eigenvalue weighted by molar-refractivity contribution is 6.13. The number of rotatable bonds is 8. The number of furan rings is 1. The van der Waals surface area contributed by atoms with E-state index < -0.39 is 0 Å². The molecule has 0 fully saturated rings. The second-order valence-corrected chi connectivity index (χ2v) is 7.14. The van der Waals surface area contributed by atoms with Gasteiger partial charge < -0.3 is 28.1 Å². The molecule has 0 saturated carbocycles. The summed E-state index contributed by atoms with van der Waals surface area (Å²) in [7, 11) is 7.63. The van der Waals surface area contributed by atoms with Gasteiger partial charge in [0.25, 0.3) is 0 Å². The van der Waals surface area contributed by atoms with Crippen LogP contribution in [0.15, 0.2) is 59.2 Å². The number of carbonyl (C=O) groups is 1. The molecule has 33 heavy (non-hydrogen) atoms. The number of ketones is 1. The van der Waals surface area contributed by atoms with Crippen molar-refractivity contribution < 1.29 is 32.9 Å². The van der Waals surface area contributed by atoms with Gasteiger partial charge in [-0.2, -0.15) is 0 Å². The van der Waals surface area contributed by atoms with Crippen molar-refractivity contribution >= 4 is 16.8 Å². The molecule has 0 aliphatic heterocycles. The Morgan fingerprint density at radius 2 is 1.42 bits per heavy atom. The molecule has 0 atom stereocenters. The van der Waals surface area contributed by atoms with Crippen LogP contribution in [0.2, 0.25) is 0 Å². The summed E-state index contributed by atoms with van der Waals surface area (Å²) >= 11 is 0. The molecule has 3 aromatic carbocycles. The van der Waals surface area contributed by atoms with Crippen molar-refractivity contribution in [2.24, 2.45) is 0 Å². The van der Waals surface area contributed by atoms with E-state index >= 15 is 0 Å². The summed E-state index contributed by atoms with van der Waals surface area (Å²) in [5, 5.41) is 0.906. The second-order valence-electron chi connectivity index (χ2n) is 7.14. The lowest BCUT2D eigenvalue weighted by molar-refractivity contribution is 0.103. The molecular weight excluding hydrogens is 424 g/mol. The van der Waals surface area contributed by atoms with E-state index in [2.05, 4.69) is 0 Å². The van der Waals surface area contributed by atoms with Crippen molar-refractivity contribution in [1.29, 1.82) is 0 Å². The van der Waals surface area contributed by atoms with Crippen molar-refractivity contribution in [3.63, 3.8) is 0 Å². The van der Waals surface area contributed by atoms with Gasteiger partial charge in [0.05, 0.1) is 52.9 Å². The van der Waals surface area contributed by atoms with Crippen molar-refractivity contribution in [2.45, 2.75) is 0 Å². The van der Waals surface area contributed by atoms with Gasteiger partial charge in [-0.3, -0.25) is 4.79 Å². The standard InChI is InChI=1S/C26H24O7/c1-28-16-7-8-17-20(14-33-23(17)13-16)15-6-10-21(29-2)19(12-15)24(27)18-9-11-22(30-3)26(32-5)25(18)31-4/h6-14H,1-5H3. The van der Waals surface area contributed by atoms with Crippen LogP contribution in [0.25, 0.3) is 22.1 Å². The average Bonchev–Trinajstić information content (AvgIpc) is 3.29. The quantitative estimate of drug-likeness (QED) is 0.335. The van der Waals surface area contributed by atoms with Crippen LogP contribution in [0.4, 0.5) is 0 Å². The summed E-state index contributed by atoms with van der Waals surface area (Å²) in [5.41, 5.74) is 3.05. The summed E-state index contributed by atoms with van der Waals surface area (Å²) < 4.78 is 32.8. The van der Waals surface area contributed by atoms with Gasteiger partial charge in [-0.25, -0.2) is 0 Å². The Labute approximate surface area is 191 Å². The number of carbonyl (C=O) groups excluding carboxylic acids is 1. The lowest BCUT2D eigenvalue weighted by Crippen LogP contribution is -2.08. The fourth-order valence-electron chi connectivity index (χ4n) is 3.84. The highest BCUT2D eigenvalue weighted by Gasteiger charge is 2.24. The van der Waals surface area contributed by atoms with E-state index in [1.807, 2.05) is 24.3 Å². The van der Waals surface area contributed by atoms with Crippen LogP contribution in [0, 0.1) is 0 Å². The average molecular weight is 448 g/mol. The van der Waals surface area contributed by atoms with Gasteiger partial charge in [-0.1, -0.05) is 6.07 Å². The van der Waals surface area contributed by atoms with Gasteiger partial charge >= 0.3 is 0 Å². The summed E-state index contributed by atoms with van der Waals surface area (Å²) in [6.07, 6.45) is 1.66. The van der Waals surface area contributed by atoms with Gasteiger partial charge in [-0.05, 0) is 42.0 Å². The Bertz CT molecular complexity index is 1320. The molecule has 0 unspecified atom stereocenters. The van der Waals surface area contributed by atoms with Crippen LogP contribution < -0.4 is 23.7 Å².